The van der Waals surface area contributed by atoms with Crippen molar-refractivity contribution in [3.05, 3.63) is 59.0 Å². The quantitative estimate of drug-likeness (QED) is 0.434. The Morgan fingerprint density at radius 1 is 1.20 bits per heavy atom. The molecule has 2 rings (SSSR count). The third kappa shape index (κ3) is 6.62. The zero-order valence-electron chi connectivity index (χ0n) is 18.7. The first-order chi connectivity index (χ1) is 14.3. The van der Waals surface area contributed by atoms with Crippen LogP contribution in [0.3, 0.4) is 0 Å². The molecule has 0 aliphatic carbocycles. The molecule has 0 fully saturated rings. The van der Waals surface area contributed by atoms with Crippen LogP contribution in [0.1, 0.15) is 43.4 Å². The van der Waals surface area contributed by atoms with Gasteiger partial charge in [-0.05, 0) is 46.2 Å². The van der Waals surface area contributed by atoms with Crippen LogP contribution in [0, 0.1) is 13.8 Å². The molecule has 0 spiro atoms. The SMILES string of the molecule is CCNC(=NCC(=O)N(CC)Cc1ccccc1)NCC(C)(O)c1cc(C)oc1C. The summed E-state index contributed by atoms with van der Waals surface area (Å²) >= 11 is 0. The van der Waals surface area contributed by atoms with Crippen LogP contribution in [0.5, 0.6) is 0 Å². The van der Waals surface area contributed by atoms with Crippen molar-refractivity contribution in [2.45, 2.75) is 46.8 Å². The summed E-state index contributed by atoms with van der Waals surface area (Å²) in [5.74, 6) is 1.88. The lowest BCUT2D eigenvalue weighted by Crippen LogP contribution is -2.45. The average Bonchev–Trinajstić information content (AvgIpc) is 3.07. The predicted octanol–water partition coefficient (Wildman–Crippen LogP) is 2.71. The van der Waals surface area contributed by atoms with Gasteiger partial charge in [-0.15, -0.1) is 0 Å². The number of benzene rings is 1. The fraction of sp³-hybridized carbons (Fsp3) is 0.478. The smallest absolute Gasteiger partial charge is 0.244 e. The lowest BCUT2D eigenvalue weighted by atomic mass is 9.96. The summed E-state index contributed by atoms with van der Waals surface area (Å²) in [7, 11) is 0. The second kappa shape index (κ2) is 10.8. The highest BCUT2D eigenvalue weighted by atomic mass is 16.3. The van der Waals surface area contributed by atoms with Gasteiger partial charge in [-0.2, -0.15) is 0 Å². The second-order valence-electron chi connectivity index (χ2n) is 7.54. The van der Waals surface area contributed by atoms with Gasteiger partial charge in [0.05, 0.1) is 6.54 Å². The van der Waals surface area contributed by atoms with E-state index >= 15 is 0 Å². The Bertz CT molecular complexity index is 843. The van der Waals surface area contributed by atoms with Crippen LogP contribution in [-0.2, 0) is 16.9 Å². The summed E-state index contributed by atoms with van der Waals surface area (Å²) in [6.45, 7) is 11.4. The predicted molar refractivity (Wildman–Crippen MR) is 119 cm³/mol. The van der Waals surface area contributed by atoms with Gasteiger partial charge in [0, 0.05) is 25.2 Å². The maximum Gasteiger partial charge on any atom is 0.244 e. The van der Waals surface area contributed by atoms with E-state index < -0.39 is 5.60 Å². The molecule has 1 aromatic heterocycles. The Morgan fingerprint density at radius 3 is 2.47 bits per heavy atom. The lowest BCUT2D eigenvalue weighted by Gasteiger charge is -2.25. The van der Waals surface area contributed by atoms with Crippen molar-refractivity contribution in [2.75, 3.05) is 26.2 Å². The first kappa shape index (κ1) is 23.5. The third-order valence-corrected chi connectivity index (χ3v) is 4.89. The number of hydrogen-bond donors (Lipinski definition) is 3. The van der Waals surface area contributed by atoms with Crippen molar-refractivity contribution in [2.24, 2.45) is 4.99 Å². The maximum absolute atomic E-state index is 12.7. The highest BCUT2D eigenvalue weighted by molar-refractivity contribution is 5.85. The van der Waals surface area contributed by atoms with E-state index in [0.717, 1.165) is 16.9 Å². The van der Waals surface area contributed by atoms with Gasteiger partial charge in [0.25, 0.3) is 0 Å². The zero-order chi connectivity index (χ0) is 22.1. The summed E-state index contributed by atoms with van der Waals surface area (Å²) in [6.07, 6.45) is 0. The molecule has 2 aromatic rings. The Hall–Kier alpha value is -2.80. The minimum Gasteiger partial charge on any atom is -0.466 e. The molecule has 0 aliphatic rings. The molecule has 1 atom stereocenters. The van der Waals surface area contributed by atoms with Gasteiger partial charge in [0.2, 0.25) is 5.91 Å². The maximum atomic E-state index is 12.7. The lowest BCUT2D eigenvalue weighted by molar-refractivity contribution is -0.130. The van der Waals surface area contributed by atoms with E-state index in [1.807, 2.05) is 64.1 Å². The van der Waals surface area contributed by atoms with Crippen LogP contribution >= 0.6 is 0 Å². The molecule has 1 heterocycles. The molecule has 30 heavy (non-hydrogen) atoms. The van der Waals surface area contributed by atoms with Gasteiger partial charge in [-0.1, -0.05) is 30.3 Å². The van der Waals surface area contributed by atoms with Crippen LogP contribution in [-0.4, -0.2) is 48.1 Å². The van der Waals surface area contributed by atoms with E-state index in [9.17, 15) is 9.90 Å². The van der Waals surface area contributed by atoms with E-state index in [4.69, 9.17) is 4.42 Å². The first-order valence-corrected chi connectivity index (χ1v) is 10.4. The Balaban J connectivity index is 2.00. The van der Waals surface area contributed by atoms with E-state index in [2.05, 4.69) is 15.6 Å². The second-order valence-corrected chi connectivity index (χ2v) is 7.54. The molecule has 0 bridgehead atoms. The molecule has 7 heteroatoms. The van der Waals surface area contributed by atoms with Crippen molar-refractivity contribution in [3.8, 4) is 0 Å². The number of amides is 1. The fourth-order valence-corrected chi connectivity index (χ4v) is 3.29. The third-order valence-electron chi connectivity index (χ3n) is 4.89. The monoisotopic (exact) mass is 414 g/mol. The average molecular weight is 415 g/mol. The number of aliphatic imine (C=N–C) groups is 1. The number of aliphatic hydroxyl groups is 1. The number of hydrogen-bond acceptors (Lipinski definition) is 4. The number of carbonyl (C=O) groups excluding carboxylic acids is 1. The Morgan fingerprint density at radius 2 is 1.90 bits per heavy atom. The first-order valence-electron chi connectivity index (χ1n) is 10.4. The summed E-state index contributed by atoms with van der Waals surface area (Å²) < 4.78 is 5.54. The Kier molecular flexibility index (Phi) is 8.47. The van der Waals surface area contributed by atoms with Crippen LogP contribution in [0.4, 0.5) is 0 Å². The van der Waals surface area contributed by atoms with E-state index in [-0.39, 0.29) is 19.0 Å². The molecule has 164 valence electrons. The van der Waals surface area contributed by atoms with Gasteiger partial charge in [0.15, 0.2) is 5.96 Å². The largest absolute Gasteiger partial charge is 0.466 e. The van der Waals surface area contributed by atoms with Gasteiger partial charge in [-0.3, -0.25) is 4.79 Å². The van der Waals surface area contributed by atoms with Gasteiger partial charge < -0.3 is 25.1 Å². The number of nitrogens with zero attached hydrogens (tertiary/aromatic N) is 2. The van der Waals surface area contributed by atoms with E-state index in [1.165, 1.54) is 0 Å². The van der Waals surface area contributed by atoms with Crippen LogP contribution < -0.4 is 10.6 Å². The highest BCUT2D eigenvalue weighted by Gasteiger charge is 2.28. The number of rotatable bonds is 9. The van der Waals surface area contributed by atoms with Crippen molar-refractivity contribution in [1.82, 2.24) is 15.5 Å². The molecule has 7 nitrogen and oxygen atoms in total. The molecule has 0 radical (unpaired) electrons. The number of nitrogens with one attached hydrogen (secondary N) is 2. The minimum absolute atomic E-state index is 0.0298. The highest BCUT2D eigenvalue weighted by Crippen LogP contribution is 2.26. The molecular weight excluding hydrogens is 380 g/mol. The Labute approximate surface area is 179 Å². The summed E-state index contributed by atoms with van der Waals surface area (Å²) in [5, 5.41) is 17.1. The van der Waals surface area contributed by atoms with Crippen molar-refractivity contribution >= 4 is 11.9 Å². The van der Waals surface area contributed by atoms with Crippen LogP contribution in [0.25, 0.3) is 0 Å². The topological polar surface area (TPSA) is 90.1 Å². The summed E-state index contributed by atoms with van der Waals surface area (Å²) in [5.41, 5.74) is 0.688. The summed E-state index contributed by atoms with van der Waals surface area (Å²) in [6, 6.07) is 11.7. The molecule has 0 saturated heterocycles. The van der Waals surface area contributed by atoms with Gasteiger partial charge in [-0.25, -0.2) is 4.99 Å². The number of carbonyl (C=O) groups is 1. The standard InChI is InChI=1S/C23H34N4O3/c1-6-24-22(26-16-23(5,29)20-13-17(3)30-18(20)4)25-14-21(28)27(7-2)15-19-11-9-8-10-12-19/h8-13,29H,6-7,14-16H2,1-5H3,(H2,24,25,26). The number of likely N-dealkylation sites (N-methyl/N-ethyl adjacent to an activating group) is 1. The molecule has 1 aromatic carbocycles. The summed E-state index contributed by atoms with van der Waals surface area (Å²) in [4.78, 5) is 18.8. The van der Waals surface area contributed by atoms with Crippen molar-refractivity contribution in [3.63, 3.8) is 0 Å². The van der Waals surface area contributed by atoms with Crippen molar-refractivity contribution in [1.29, 1.82) is 0 Å². The van der Waals surface area contributed by atoms with Gasteiger partial charge in [0.1, 0.15) is 23.7 Å². The minimum atomic E-state index is -1.13. The molecule has 0 saturated carbocycles. The molecule has 3 N–H and O–H groups in total. The number of guanidine groups is 1. The molecule has 1 amide bonds. The van der Waals surface area contributed by atoms with Crippen molar-refractivity contribution < 1.29 is 14.3 Å². The van der Waals surface area contributed by atoms with Crippen LogP contribution in [0.15, 0.2) is 45.8 Å². The normalized spacial score (nSPS) is 13.6. The van der Waals surface area contributed by atoms with E-state index in [0.29, 0.717) is 31.4 Å². The number of furan rings is 1. The number of aryl methyl sites for hydroxylation is 2. The van der Waals surface area contributed by atoms with E-state index in [1.54, 1.807) is 11.8 Å². The molecular formula is C23H34N4O3. The molecule has 1 unspecified atom stereocenters. The van der Waals surface area contributed by atoms with Gasteiger partial charge >= 0.3 is 0 Å². The van der Waals surface area contributed by atoms with Crippen LogP contribution in [0.2, 0.25) is 0 Å². The molecule has 0 aliphatic heterocycles. The fourth-order valence-electron chi connectivity index (χ4n) is 3.29. The zero-order valence-corrected chi connectivity index (χ0v) is 18.7.